The van der Waals surface area contributed by atoms with Crippen molar-refractivity contribution in [3.05, 3.63) is 35.4 Å². The van der Waals surface area contributed by atoms with E-state index in [2.05, 4.69) is 38.8 Å². The number of ether oxygens (including phenoxy) is 1. The molecule has 1 aliphatic rings. The van der Waals surface area contributed by atoms with Crippen molar-refractivity contribution in [2.24, 2.45) is 5.92 Å². The zero-order valence-corrected chi connectivity index (χ0v) is 18.4. The van der Waals surface area contributed by atoms with Gasteiger partial charge >= 0.3 is 0 Å². The fourth-order valence-corrected chi connectivity index (χ4v) is 3.79. The summed E-state index contributed by atoms with van der Waals surface area (Å²) in [5.41, 5.74) is 0.856. The van der Waals surface area contributed by atoms with Gasteiger partial charge < -0.3 is 19.7 Å². The van der Waals surface area contributed by atoms with Gasteiger partial charge in [-0.15, -0.1) is 10.2 Å². The van der Waals surface area contributed by atoms with Crippen molar-refractivity contribution < 1.29 is 14.6 Å². The molecular formula is C22H33N5O3. The molecule has 1 amide bonds. The largest absolute Gasteiger partial charge is 0.504 e. The molecular weight excluding hydrogens is 382 g/mol. The Morgan fingerprint density at radius 3 is 2.73 bits per heavy atom. The second-order valence-corrected chi connectivity index (χ2v) is 7.99. The third kappa shape index (κ3) is 4.92. The van der Waals surface area contributed by atoms with E-state index < -0.39 is 0 Å². The maximum Gasteiger partial charge on any atom is 0.220 e. The van der Waals surface area contributed by atoms with Gasteiger partial charge in [0.1, 0.15) is 5.82 Å². The SMILES string of the molecule is CCOc1cccc(CN2CCc3nnc(C(NC(=O)CC)C(C)C)n3CC2)c1O. The first-order valence-electron chi connectivity index (χ1n) is 10.8. The molecule has 0 bridgehead atoms. The normalized spacial score (nSPS) is 15.5. The Hall–Kier alpha value is -2.61. The molecule has 8 heteroatoms. The van der Waals surface area contributed by atoms with Crippen molar-refractivity contribution in [2.45, 2.75) is 59.7 Å². The van der Waals surface area contributed by atoms with Gasteiger partial charge in [0.15, 0.2) is 17.3 Å². The third-order valence-electron chi connectivity index (χ3n) is 5.51. The van der Waals surface area contributed by atoms with Crippen LogP contribution in [0, 0.1) is 5.92 Å². The van der Waals surface area contributed by atoms with Crippen LogP contribution in [0.2, 0.25) is 0 Å². The quantitative estimate of drug-likeness (QED) is 0.689. The number of phenolic OH excluding ortho intramolecular Hbond substituents is 1. The average molecular weight is 416 g/mol. The molecule has 30 heavy (non-hydrogen) atoms. The van der Waals surface area contributed by atoms with Gasteiger partial charge in [0.05, 0.1) is 12.6 Å². The van der Waals surface area contributed by atoms with E-state index in [9.17, 15) is 9.90 Å². The van der Waals surface area contributed by atoms with Crippen LogP contribution in [0.5, 0.6) is 11.5 Å². The van der Waals surface area contributed by atoms with E-state index in [0.29, 0.717) is 25.3 Å². The minimum absolute atomic E-state index is 0.0194. The number of phenols is 1. The lowest BCUT2D eigenvalue weighted by molar-refractivity contribution is -0.121. The topological polar surface area (TPSA) is 92.5 Å². The molecule has 0 fully saturated rings. The smallest absolute Gasteiger partial charge is 0.220 e. The molecule has 164 valence electrons. The number of para-hydroxylation sites is 1. The summed E-state index contributed by atoms with van der Waals surface area (Å²) in [6.45, 7) is 11.5. The van der Waals surface area contributed by atoms with Crippen LogP contribution in [0.1, 0.15) is 57.4 Å². The Morgan fingerprint density at radius 2 is 2.03 bits per heavy atom. The lowest BCUT2D eigenvalue weighted by Gasteiger charge is -2.23. The molecule has 2 heterocycles. The predicted molar refractivity (Wildman–Crippen MR) is 114 cm³/mol. The van der Waals surface area contributed by atoms with Gasteiger partial charge in [0.25, 0.3) is 0 Å². The zero-order chi connectivity index (χ0) is 21.7. The van der Waals surface area contributed by atoms with E-state index in [1.54, 1.807) is 6.07 Å². The number of carbonyl (C=O) groups excluding carboxylic acids is 1. The molecule has 1 aromatic carbocycles. The first-order valence-corrected chi connectivity index (χ1v) is 10.8. The number of carbonyl (C=O) groups is 1. The minimum Gasteiger partial charge on any atom is -0.504 e. The molecule has 0 radical (unpaired) electrons. The van der Waals surface area contributed by atoms with Crippen LogP contribution in [0.3, 0.4) is 0 Å². The molecule has 0 saturated heterocycles. The van der Waals surface area contributed by atoms with E-state index in [0.717, 1.165) is 43.3 Å². The maximum atomic E-state index is 12.0. The molecule has 1 unspecified atom stereocenters. The summed E-state index contributed by atoms with van der Waals surface area (Å²) >= 11 is 0. The van der Waals surface area contributed by atoms with Gasteiger partial charge in [-0.2, -0.15) is 0 Å². The Morgan fingerprint density at radius 1 is 1.23 bits per heavy atom. The molecule has 0 saturated carbocycles. The summed E-state index contributed by atoms with van der Waals surface area (Å²) in [5.74, 6) is 2.74. The summed E-state index contributed by atoms with van der Waals surface area (Å²) in [4.78, 5) is 14.3. The number of rotatable bonds is 8. The molecule has 0 spiro atoms. The number of aromatic nitrogens is 3. The minimum atomic E-state index is -0.155. The molecule has 1 atom stereocenters. The van der Waals surface area contributed by atoms with Crippen LogP contribution in [0.15, 0.2) is 18.2 Å². The first-order chi connectivity index (χ1) is 14.4. The number of nitrogens with zero attached hydrogens (tertiary/aromatic N) is 4. The highest BCUT2D eigenvalue weighted by Crippen LogP contribution is 2.31. The van der Waals surface area contributed by atoms with Gasteiger partial charge in [-0.05, 0) is 18.9 Å². The van der Waals surface area contributed by atoms with Crippen LogP contribution in [0.25, 0.3) is 0 Å². The number of aromatic hydroxyl groups is 1. The summed E-state index contributed by atoms with van der Waals surface area (Å²) in [6, 6.07) is 5.48. The van der Waals surface area contributed by atoms with E-state index in [1.165, 1.54) is 0 Å². The van der Waals surface area contributed by atoms with E-state index in [-0.39, 0.29) is 23.6 Å². The van der Waals surface area contributed by atoms with Crippen LogP contribution < -0.4 is 10.1 Å². The second kappa shape index (κ2) is 9.93. The Balaban J connectivity index is 1.74. The molecule has 1 aromatic heterocycles. The van der Waals surface area contributed by atoms with E-state index in [1.807, 2.05) is 26.0 Å². The van der Waals surface area contributed by atoms with Crippen molar-refractivity contribution in [1.82, 2.24) is 25.0 Å². The number of fused-ring (bicyclic) bond motifs is 1. The Bertz CT molecular complexity index is 864. The summed E-state index contributed by atoms with van der Waals surface area (Å²) in [7, 11) is 0. The van der Waals surface area contributed by atoms with E-state index in [4.69, 9.17) is 4.74 Å². The predicted octanol–water partition coefficient (Wildman–Crippen LogP) is 2.66. The van der Waals surface area contributed by atoms with Gasteiger partial charge in [-0.25, -0.2) is 0 Å². The van der Waals surface area contributed by atoms with Crippen LogP contribution in [0.4, 0.5) is 0 Å². The standard InChI is InChI=1S/C22H33N5O3/c1-5-19(28)23-20(15(3)4)22-25-24-18-10-11-26(12-13-27(18)22)14-16-8-7-9-17(21(16)29)30-6-2/h7-9,15,20,29H,5-6,10-14H2,1-4H3,(H,23,28). The maximum absolute atomic E-state index is 12.0. The van der Waals surface area contributed by atoms with Crippen LogP contribution in [-0.4, -0.2) is 50.4 Å². The van der Waals surface area contributed by atoms with Gasteiger partial charge in [-0.3, -0.25) is 9.69 Å². The Labute approximate surface area is 178 Å². The van der Waals surface area contributed by atoms with Gasteiger partial charge in [0.2, 0.25) is 5.91 Å². The fourth-order valence-electron chi connectivity index (χ4n) is 3.79. The highest BCUT2D eigenvalue weighted by Gasteiger charge is 2.27. The number of benzene rings is 1. The van der Waals surface area contributed by atoms with Crippen molar-refractivity contribution in [3.63, 3.8) is 0 Å². The average Bonchev–Trinajstić information content (AvgIpc) is 3.02. The highest BCUT2D eigenvalue weighted by atomic mass is 16.5. The summed E-state index contributed by atoms with van der Waals surface area (Å²) < 4.78 is 7.66. The summed E-state index contributed by atoms with van der Waals surface area (Å²) in [6.07, 6.45) is 1.22. The molecule has 1 aliphatic heterocycles. The molecule has 0 aliphatic carbocycles. The van der Waals surface area contributed by atoms with Crippen LogP contribution >= 0.6 is 0 Å². The first kappa shape index (κ1) is 22.1. The molecule has 2 N–H and O–H groups in total. The van der Waals surface area contributed by atoms with Crippen molar-refractivity contribution >= 4 is 5.91 Å². The molecule has 8 nitrogen and oxygen atoms in total. The fraction of sp³-hybridized carbons (Fsp3) is 0.591. The van der Waals surface area contributed by atoms with Gasteiger partial charge in [-0.1, -0.05) is 32.9 Å². The monoisotopic (exact) mass is 415 g/mol. The van der Waals surface area contributed by atoms with Gasteiger partial charge in [0, 0.05) is 44.6 Å². The number of hydrogen-bond acceptors (Lipinski definition) is 6. The lowest BCUT2D eigenvalue weighted by Crippen LogP contribution is -2.34. The lowest BCUT2D eigenvalue weighted by atomic mass is 10.0. The second-order valence-electron chi connectivity index (χ2n) is 7.99. The Kier molecular flexibility index (Phi) is 7.31. The van der Waals surface area contributed by atoms with Crippen molar-refractivity contribution in [2.75, 3.05) is 19.7 Å². The highest BCUT2D eigenvalue weighted by molar-refractivity contribution is 5.75. The zero-order valence-electron chi connectivity index (χ0n) is 18.4. The third-order valence-corrected chi connectivity index (χ3v) is 5.51. The van der Waals surface area contributed by atoms with Crippen molar-refractivity contribution in [1.29, 1.82) is 0 Å². The van der Waals surface area contributed by atoms with E-state index >= 15 is 0 Å². The molecule has 3 rings (SSSR count). The van der Waals surface area contributed by atoms with Crippen LogP contribution in [-0.2, 0) is 24.3 Å². The number of nitrogens with one attached hydrogen (secondary N) is 1. The number of amides is 1. The number of hydrogen-bond donors (Lipinski definition) is 2. The molecule has 2 aromatic rings. The van der Waals surface area contributed by atoms with Crippen molar-refractivity contribution in [3.8, 4) is 11.5 Å². The summed E-state index contributed by atoms with van der Waals surface area (Å²) in [5, 5.41) is 22.5.